The lowest BCUT2D eigenvalue weighted by molar-refractivity contribution is -0.119. The second kappa shape index (κ2) is 10.4. The zero-order valence-corrected chi connectivity index (χ0v) is 13.3. The lowest BCUT2D eigenvalue weighted by atomic mass is 10.1. The van der Waals surface area contributed by atoms with Crippen molar-refractivity contribution in [3.63, 3.8) is 0 Å². The van der Waals surface area contributed by atoms with E-state index >= 15 is 0 Å². The van der Waals surface area contributed by atoms with Gasteiger partial charge in [-0.25, -0.2) is 0 Å². The molecule has 0 aliphatic rings. The molecule has 5 heteroatoms. The molecule has 0 aromatic carbocycles. The van der Waals surface area contributed by atoms with Crippen LogP contribution in [0.4, 0.5) is 0 Å². The molecule has 1 atom stereocenters. The van der Waals surface area contributed by atoms with Gasteiger partial charge in [0.25, 0.3) is 0 Å². The quantitative estimate of drug-likeness (QED) is 0.396. The van der Waals surface area contributed by atoms with Gasteiger partial charge in [-0.1, -0.05) is 19.4 Å². The zero-order valence-electron chi connectivity index (χ0n) is 12.4. The Morgan fingerprint density at radius 3 is 2.26 bits per heavy atom. The topological polar surface area (TPSA) is 52.6 Å². The van der Waals surface area contributed by atoms with Crippen LogP contribution in [0, 0.1) is 0 Å². The Labute approximate surface area is 117 Å². The number of hydrogen-bond acceptors (Lipinski definition) is 4. The van der Waals surface area contributed by atoms with Gasteiger partial charge in [-0.3, -0.25) is 9.36 Å². The van der Waals surface area contributed by atoms with Gasteiger partial charge in [-0.05, 0) is 26.7 Å². The Kier molecular flexibility index (Phi) is 10.1. The first-order chi connectivity index (χ1) is 9.03. The van der Waals surface area contributed by atoms with E-state index in [0.29, 0.717) is 26.1 Å². The van der Waals surface area contributed by atoms with E-state index in [1.165, 1.54) is 0 Å². The van der Waals surface area contributed by atoms with Crippen LogP contribution in [0.25, 0.3) is 0 Å². The fourth-order valence-electron chi connectivity index (χ4n) is 1.86. The van der Waals surface area contributed by atoms with Gasteiger partial charge >= 0.3 is 7.60 Å². The minimum Gasteiger partial charge on any atom is -0.309 e. The van der Waals surface area contributed by atoms with Gasteiger partial charge < -0.3 is 9.05 Å². The molecule has 0 aliphatic heterocycles. The summed E-state index contributed by atoms with van der Waals surface area (Å²) in [5, 5.41) is 0. The van der Waals surface area contributed by atoms with Crippen LogP contribution in [0.5, 0.6) is 0 Å². The number of ketones is 1. The first kappa shape index (κ1) is 18.6. The van der Waals surface area contributed by atoms with E-state index in [1.54, 1.807) is 19.9 Å². The Balaban J connectivity index is 4.78. The van der Waals surface area contributed by atoms with Crippen LogP contribution in [0.3, 0.4) is 0 Å². The Bertz CT molecular complexity index is 305. The van der Waals surface area contributed by atoms with E-state index in [0.717, 1.165) is 12.8 Å². The molecular formula is C14H27O4P. The third-order valence-corrected chi connectivity index (χ3v) is 5.30. The summed E-state index contributed by atoms with van der Waals surface area (Å²) in [7, 11) is -3.22. The Hall–Kier alpha value is -0.440. The number of rotatable bonds is 12. The lowest BCUT2D eigenvalue weighted by Crippen LogP contribution is -2.17. The number of unbranched alkanes of at least 4 members (excludes halogenated alkanes) is 1. The van der Waals surface area contributed by atoms with Crippen LogP contribution in [0.15, 0.2) is 12.7 Å². The molecule has 1 unspecified atom stereocenters. The van der Waals surface area contributed by atoms with Gasteiger partial charge in [-0.2, -0.15) is 0 Å². The summed E-state index contributed by atoms with van der Waals surface area (Å²) in [6, 6.07) is 0. The maximum absolute atomic E-state index is 12.7. The number of hydrogen-bond donors (Lipinski definition) is 0. The average Bonchev–Trinajstić information content (AvgIpc) is 2.36. The molecule has 0 aromatic heterocycles. The molecule has 0 aliphatic carbocycles. The van der Waals surface area contributed by atoms with Gasteiger partial charge in [0.1, 0.15) is 5.78 Å². The number of carbonyl (C=O) groups is 1. The van der Waals surface area contributed by atoms with Gasteiger partial charge in [0.2, 0.25) is 0 Å². The van der Waals surface area contributed by atoms with E-state index in [2.05, 4.69) is 6.58 Å². The van der Waals surface area contributed by atoms with E-state index in [-0.39, 0.29) is 12.2 Å². The van der Waals surface area contributed by atoms with Crippen LogP contribution < -0.4 is 0 Å². The summed E-state index contributed by atoms with van der Waals surface area (Å²) in [5.41, 5.74) is -0.408. The zero-order chi connectivity index (χ0) is 14.7. The molecule has 0 bridgehead atoms. The summed E-state index contributed by atoms with van der Waals surface area (Å²) in [6.07, 6.45) is 4.75. The normalized spacial score (nSPS) is 13.2. The minimum atomic E-state index is -3.22. The number of Topliss-reactive ketones (excluding diaryl/α,β-unsaturated/α-hetero) is 1. The second-order valence-corrected chi connectivity index (χ2v) is 6.73. The highest BCUT2D eigenvalue weighted by molar-refractivity contribution is 7.54. The van der Waals surface area contributed by atoms with Crippen LogP contribution in [0.2, 0.25) is 0 Å². The van der Waals surface area contributed by atoms with Crippen LogP contribution in [0.1, 0.15) is 52.9 Å². The molecule has 0 amide bonds. The van der Waals surface area contributed by atoms with Gasteiger partial charge in [0.15, 0.2) is 0 Å². The Morgan fingerprint density at radius 2 is 1.84 bits per heavy atom. The van der Waals surface area contributed by atoms with Crippen molar-refractivity contribution in [2.75, 3.05) is 13.2 Å². The van der Waals surface area contributed by atoms with Crippen LogP contribution >= 0.6 is 7.60 Å². The summed E-state index contributed by atoms with van der Waals surface area (Å²) < 4.78 is 23.3. The third-order valence-electron chi connectivity index (χ3n) is 2.78. The van der Waals surface area contributed by atoms with Gasteiger partial charge in [-0.15, -0.1) is 6.58 Å². The van der Waals surface area contributed by atoms with Gasteiger partial charge in [0.05, 0.1) is 18.9 Å². The maximum Gasteiger partial charge on any atom is 0.334 e. The molecule has 0 saturated heterocycles. The minimum absolute atomic E-state index is 0.119. The molecule has 0 saturated carbocycles. The summed E-state index contributed by atoms with van der Waals surface area (Å²) in [4.78, 5) is 11.9. The molecule has 0 rings (SSSR count). The summed E-state index contributed by atoms with van der Waals surface area (Å²) >= 11 is 0. The monoisotopic (exact) mass is 290 g/mol. The molecule has 19 heavy (non-hydrogen) atoms. The van der Waals surface area contributed by atoms with Crippen molar-refractivity contribution in [3.05, 3.63) is 12.7 Å². The van der Waals surface area contributed by atoms with E-state index in [4.69, 9.17) is 9.05 Å². The predicted octanol–water partition coefficient (Wildman–Crippen LogP) is 4.35. The van der Waals surface area contributed by atoms with E-state index in [9.17, 15) is 9.36 Å². The van der Waals surface area contributed by atoms with Crippen molar-refractivity contribution in [3.8, 4) is 0 Å². The highest BCUT2D eigenvalue weighted by Crippen LogP contribution is 2.55. The lowest BCUT2D eigenvalue weighted by Gasteiger charge is -2.25. The average molecular weight is 290 g/mol. The fourth-order valence-corrected chi connectivity index (χ4v) is 3.91. The van der Waals surface area contributed by atoms with Crippen molar-refractivity contribution >= 4 is 13.4 Å². The second-order valence-electron chi connectivity index (χ2n) is 4.40. The molecule has 0 radical (unpaired) electrons. The van der Waals surface area contributed by atoms with Gasteiger partial charge in [0, 0.05) is 12.8 Å². The molecule has 0 heterocycles. The predicted molar refractivity (Wildman–Crippen MR) is 78.6 cm³/mol. The smallest absolute Gasteiger partial charge is 0.309 e. The first-order valence-corrected chi connectivity index (χ1v) is 8.66. The van der Waals surface area contributed by atoms with Crippen LogP contribution in [-0.4, -0.2) is 24.7 Å². The van der Waals surface area contributed by atoms with Crippen LogP contribution in [-0.2, 0) is 18.4 Å². The summed E-state index contributed by atoms with van der Waals surface area (Å²) in [6.45, 7) is 9.88. The number of carbonyl (C=O) groups excluding carboxylic acids is 1. The van der Waals surface area contributed by atoms with Crippen molar-refractivity contribution in [2.24, 2.45) is 0 Å². The highest BCUT2D eigenvalue weighted by atomic mass is 31.2. The largest absolute Gasteiger partial charge is 0.334 e. The number of allylic oxidation sites excluding steroid dienone is 1. The maximum atomic E-state index is 12.7. The molecule has 0 spiro atoms. The third kappa shape index (κ3) is 7.05. The van der Waals surface area contributed by atoms with E-state index in [1.807, 2.05) is 6.92 Å². The molecule has 0 N–H and O–H groups in total. The molecule has 4 nitrogen and oxygen atoms in total. The highest BCUT2D eigenvalue weighted by Gasteiger charge is 2.35. The molecule has 0 fully saturated rings. The molecule has 112 valence electrons. The molecular weight excluding hydrogens is 263 g/mol. The molecule has 0 aromatic rings. The van der Waals surface area contributed by atoms with Crippen molar-refractivity contribution < 1.29 is 18.4 Å². The van der Waals surface area contributed by atoms with Crippen molar-refractivity contribution in [1.82, 2.24) is 0 Å². The standard InChI is InChI=1S/C14H27O4P/c1-5-9-11-13(15)12-14(10-6-2)19(16,17-7-3)18-8-4/h6,14H,2,5,7-12H2,1,3-4H3. The van der Waals surface area contributed by atoms with Crippen molar-refractivity contribution in [2.45, 2.75) is 58.5 Å². The Morgan fingerprint density at radius 1 is 1.26 bits per heavy atom. The van der Waals surface area contributed by atoms with E-state index < -0.39 is 13.3 Å². The fraction of sp³-hybridized carbons (Fsp3) is 0.786. The first-order valence-electron chi connectivity index (χ1n) is 7.05. The van der Waals surface area contributed by atoms with Crippen molar-refractivity contribution in [1.29, 1.82) is 0 Å². The SMILES string of the molecule is C=CCC(CC(=O)CCCC)P(=O)(OCC)OCC. The summed E-state index contributed by atoms with van der Waals surface area (Å²) in [5.74, 6) is 0.119.